The number of aryl methyl sites for hydroxylation is 1. The van der Waals surface area contributed by atoms with Gasteiger partial charge in [0.25, 0.3) is 0 Å². The maximum absolute atomic E-state index is 4.29. The van der Waals surface area contributed by atoms with Gasteiger partial charge in [0.1, 0.15) is 0 Å². The summed E-state index contributed by atoms with van der Waals surface area (Å²) in [7, 11) is 0. The van der Waals surface area contributed by atoms with Crippen LogP contribution < -0.4 is 5.32 Å². The summed E-state index contributed by atoms with van der Waals surface area (Å²) in [5, 5.41) is 3.67. The van der Waals surface area contributed by atoms with E-state index in [-0.39, 0.29) is 0 Å². The molecule has 78 valence electrons. The summed E-state index contributed by atoms with van der Waals surface area (Å²) in [5.41, 5.74) is 3.12. The van der Waals surface area contributed by atoms with E-state index in [2.05, 4.69) is 35.9 Å². The van der Waals surface area contributed by atoms with Gasteiger partial charge in [0.15, 0.2) is 0 Å². The molecule has 0 spiro atoms. The third kappa shape index (κ3) is 2.30. The van der Waals surface area contributed by atoms with Crippen LogP contribution >= 0.6 is 23.1 Å². The van der Waals surface area contributed by atoms with Crippen LogP contribution in [-0.4, -0.2) is 22.5 Å². The van der Waals surface area contributed by atoms with E-state index in [1.807, 2.05) is 5.51 Å². The predicted octanol–water partition coefficient (Wildman–Crippen LogP) is 2.61. The number of nitrogens with zero attached hydrogens (tertiary/aromatic N) is 1. The second-order valence-electron chi connectivity index (χ2n) is 3.75. The van der Waals surface area contributed by atoms with E-state index in [1.165, 1.54) is 28.5 Å². The largest absolute Gasteiger partial charge is 0.306 e. The third-order valence-electron chi connectivity index (χ3n) is 2.59. The Morgan fingerprint density at radius 3 is 3.07 bits per heavy atom. The lowest BCUT2D eigenvalue weighted by Crippen LogP contribution is -2.31. The minimum absolute atomic E-state index is 0.464. The Morgan fingerprint density at radius 2 is 2.50 bits per heavy atom. The summed E-state index contributed by atoms with van der Waals surface area (Å²) >= 11 is 3.81. The molecular formula is C10H16N2S2. The fraction of sp³-hybridized carbons (Fsp3) is 0.700. The first kappa shape index (κ1) is 10.5. The number of thiazole rings is 1. The topological polar surface area (TPSA) is 24.9 Å². The van der Waals surface area contributed by atoms with Crippen LogP contribution in [0.15, 0.2) is 5.51 Å². The summed E-state index contributed by atoms with van der Waals surface area (Å²) in [4.78, 5) is 5.68. The van der Waals surface area contributed by atoms with Gasteiger partial charge in [0.2, 0.25) is 0 Å². The SMILES string of the molecule is Cc1ncsc1C(C)NC1CCSC1. The molecule has 0 aromatic carbocycles. The van der Waals surface area contributed by atoms with Crippen LogP contribution in [0, 0.1) is 6.92 Å². The molecule has 1 fully saturated rings. The Bertz CT molecular complexity index is 292. The molecule has 0 radical (unpaired) electrons. The monoisotopic (exact) mass is 228 g/mol. The molecule has 1 saturated heterocycles. The van der Waals surface area contributed by atoms with Gasteiger partial charge in [0, 0.05) is 22.7 Å². The Morgan fingerprint density at radius 1 is 1.64 bits per heavy atom. The van der Waals surface area contributed by atoms with Crippen molar-refractivity contribution in [3.8, 4) is 0 Å². The van der Waals surface area contributed by atoms with E-state index in [9.17, 15) is 0 Å². The normalized spacial score (nSPS) is 24.0. The zero-order valence-electron chi connectivity index (χ0n) is 8.62. The van der Waals surface area contributed by atoms with E-state index in [0.717, 1.165) is 0 Å². The Hall–Kier alpha value is -0.0600. The average molecular weight is 228 g/mol. The van der Waals surface area contributed by atoms with Crippen LogP contribution in [-0.2, 0) is 0 Å². The zero-order valence-corrected chi connectivity index (χ0v) is 10.3. The molecule has 14 heavy (non-hydrogen) atoms. The van der Waals surface area contributed by atoms with Gasteiger partial charge in [-0.1, -0.05) is 0 Å². The van der Waals surface area contributed by atoms with E-state index >= 15 is 0 Å². The Balaban J connectivity index is 1.95. The van der Waals surface area contributed by atoms with Crippen LogP contribution in [0.2, 0.25) is 0 Å². The molecule has 2 rings (SSSR count). The molecule has 1 aliphatic rings. The van der Waals surface area contributed by atoms with Gasteiger partial charge in [-0.3, -0.25) is 0 Å². The van der Waals surface area contributed by atoms with Gasteiger partial charge in [-0.2, -0.15) is 11.8 Å². The average Bonchev–Trinajstić information content (AvgIpc) is 2.75. The van der Waals surface area contributed by atoms with Gasteiger partial charge >= 0.3 is 0 Å². The van der Waals surface area contributed by atoms with Gasteiger partial charge in [-0.05, 0) is 26.0 Å². The van der Waals surface area contributed by atoms with Crippen LogP contribution in [0.3, 0.4) is 0 Å². The van der Waals surface area contributed by atoms with Crippen molar-refractivity contribution < 1.29 is 0 Å². The second kappa shape index (κ2) is 4.64. The molecule has 4 heteroatoms. The lowest BCUT2D eigenvalue weighted by atomic mass is 10.2. The summed E-state index contributed by atoms with van der Waals surface area (Å²) in [6.07, 6.45) is 1.31. The molecule has 2 atom stereocenters. The van der Waals surface area contributed by atoms with Crippen molar-refractivity contribution in [2.75, 3.05) is 11.5 Å². The van der Waals surface area contributed by atoms with E-state index in [4.69, 9.17) is 0 Å². The van der Waals surface area contributed by atoms with Gasteiger partial charge in [-0.25, -0.2) is 4.98 Å². The van der Waals surface area contributed by atoms with E-state index < -0.39 is 0 Å². The number of hydrogen-bond donors (Lipinski definition) is 1. The van der Waals surface area contributed by atoms with Crippen molar-refractivity contribution in [3.63, 3.8) is 0 Å². The fourth-order valence-electron chi connectivity index (χ4n) is 1.82. The second-order valence-corrected chi connectivity index (χ2v) is 5.79. The number of aromatic nitrogens is 1. The number of thioether (sulfide) groups is 1. The molecule has 0 saturated carbocycles. The molecule has 1 aromatic rings. The minimum Gasteiger partial charge on any atom is -0.306 e. The molecule has 0 amide bonds. The number of hydrogen-bond acceptors (Lipinski definition) is 4. The first-order valence-electron chi connectivity index (χ1n) is 5.01. The summed E-state index contributed by atoms with van der Waals surface area (Å²) < 4.78 is 0. The van der Waals surface area contributed by atoms with Crippen LogP contribution in [0.4, 0.5) is 0 Å². The Labute approximate surface area is 93.5 Å². The van der Waals surface area contributed by atoms with Crippen molar-refractivity contribution in [1.29, 1.82) is 0 Å². The highest BCUT2D eigenvalue weighted by molar-refractivity contribution is 7.99. The summed E-state index contributed by atoms with van der Waals surface area (Å²) in [6, 6.07) is 1.17. The van der Waals surface area contributed by atoms with Crippen LogP contribution in [0.1, 0.15) is 30.0 Å². The lowest BCUT2D eigenvalue weighted by molar-refractivity contribution is 0.489. The molecular weight excluding hydrogens is 212 g/mol. The van der Waals surface area contributed by atoms with Crippen molar-refractivity contribution in [2.24, 2.45) is 0 Å². The highest BCUT2D eigenvalue weighted by atomic mass is 32.2. The van der Waals surface area contributed by atoms with Gasteiger partial charge < -0.3 is 5.32 Å². The summed E-state index contributed by atoms with van der Waals surface area (Å²) in [6.45, 7) is 4.33. The summed E-state index contributed by atoms with van der Waals surface area (Å²) in [5.74, 6) is 2.58. The lowest BCUT2D eigenvalue weighted by Gasteiger charge is -2.17. The number of rotatable bonds is 3. The maximum atomic E-state index is 4.29. The van der Waals surface area contributed by atoms with Gasteiger partial charge in [0.05, 0.1) is 11.2 Å². The minimum atomic E-state index is 0.464. The molecule has 2 nitrogen and oxygen atoms in total. The fourth-order valence-corrected chi connectivity index (χ4v) is 3.81. The van der Waals surface area contributed by atoms with Crippen molar-refractivity contribution in [3.05, 3.63) is 16.1 Å². The molecule has 1 aliphatic heterocycles. The first-order chi connectivity index (χ1) is 6.77. The maximum Gasteiger partial charge on any atom is 0.0798 e. The van der Waals surface area contributed by atoms with Crippen molar-refractivity contribution in [1.82, 2.24) is 10.3 Å². The quantitative estimate of drug-likeness (QED) is 0.861. The highest BCUT2D eigenvalue weighted by Crippen LogP contribution is 2.24. The highest BCUT2D eigenvalue weighted by Gasteiger charge is 2.19. The van der Waals surface area contributed by atoms with Crippen LogP contribution in [0.25, 0.3) is 0 Å². The van der Waals surface area contributed by atoms with E-state index in [1.54, 1.807) is 11.3 Å². The predicted molar refractivity (Wildman–Crippen MR) is 64.1 cm³/mol. The standard InChI is InChI=1S/C10H16N2S2/c1-7-10(14-6-11-7)8(2)12-9-3-4-13-5-9/h6,8-9,12H,3-5H2,1-2H3. The molecule has 2 unspecified atom stereocenters. The van der Waals surface area contributed by atoms with Crippen molar-refractivity contribution in [2.45, 2.75) is 32.4 Å². The molecule has 2 heterocycles. The Kier molecular flexibility index (Phi) is 3.47. The molecule has 0 aliphatic carbocycles. The molecule has 0 bridgehead atoms. The van der Waals surface area contributed by atoms with E-state index in [0.29, 0.717) is 12.1 Å². The first-order valence-corrected chi connectivity index (χ1v) is 7.04. The third-order valence-corrected chi connectivity index (χ3v) is 4.87. The number of nitrogens with one attached hydrogen (secondary N) is 1. The smallest absolute Gasteiger partial charge is 0.0798 e. The molecule has 1 aromatic heterocycles. The van der Waals surface area contributed by atoms with Gasteiger partial charge in [-0.15, -0.1) is 11.3 Å². The molecule has 1 N–H and O–H groups in total. The van der Waals surface area contributed by atoms with Crippen LogP contribution in [0.5, 0.6) is 0 Å². The zero-order chi connectivity index (χ0) is 9.97. The van der Waals surface area contributed by atoms with Crippen molar-refractivity contribution >= 4 is 23.1 Å².